The van der Waals surface area contributed by atoms with Gasteiger partial charge in [-0.05, 0) is 49.2 Å². The number of hydrogen-bond acceptors (Lipinski definition) is 5. The summed E-state index contributed by atoms with van der Waals surface area (Å²) < 4.78 is 13.1. The first kappa shape index (κ1) is 28.0. The highest BCUT2D eigenvalue weighted by molar-refractivity contribution is 6.27. The number of amides is 1. The highest BCUT2D eigenvalue weighted by Gasteiger charge is 2.30. The van der Waals surface area contributed by atoms with Crippen molar-refractivity contribution in [3.05, 3.63) is 77.6 Å². The average Bonchev–Trinajstić information content (AvgIpc) is 2.91. The lowest BCUT2D eigenvalue weighted by Gasteiger charge is -2.38. The number of carboxylic acids is 2. The molecule has 0 aromatic heterocycles. The van der Waals surface area contributed by atoms with E-state index in [0.29, 0.717) is 5.91 Å². The molecule has 198 valence electrons. The third-order valence-corrected chi connectivity index (χ3v) is 6.60. The minimum Gasteiger partial charge on any atom is -0.473 e. The fraction of sp³-hybridized carbons (Fsp3) is 0.393. The van der Waals surface area contributed by atoms with Gasteiger partial charge in [0.25, 0.3) is 0 Å². The number of likely N-dealkylation sites (tertiary alicyclic amines) is 1. The molecule has 2 aliphatic rings. The molecule has 0 spiro atoms. The summed E-state index contributed by atoms with van der Waals surface area (Å²) in [6, 6.07) is 17.1. The van der Waals surface area contributed by atoms with E-state index in [0.717, 1.165) is 70.8 Å². The van der Waals surface area contributed by atoms with Gasteiger partial charge >= 0.3 is 11.9 Å². The van der Waals surface area contributed by atoms with Crippen LogP contribution in [0.2, 0.25) is 0 Å². The Kier molecular flexibility index (Phi) is 10.8. The summed E-state index contributed by atoms with van der Waals surface area (Å²) in [7, 11) is 0. The highest BCUT2D eigenvalue weighted by atomic mass is 19.1. The molecule has 4 rings (SSSR count). The number of carbonyl (C=O) groups excluding carboxylic acids is 1. The van der Waals surface area contributed by atoms with E-state index in [4.69, 9.17) is 19.8 Å². The van der Waals surface area contributed by atoms with Crippen LogP contribution in [0, 0.1) is 11.7 Å². The van der Waals surface area contributed by atoms with Crippen LogP contribution in [0.5, 0.6) is 0 Å². The van der Waals surface area contributed by atoms with E-state index in [9.17, 15) is 9.18 Å². The van der Waals surface area contributed by atoms with Gasteiger partial charge < -0.3 is 15.1 Å². The highest BCUT2D eigenvalue weighted by Crippen LogP contribution is 2.22. The standard InChI is InChI=1S/C26H32FN3O.C2H2O4/c27-25-10-8-23(9-11-25)21-29-15-12-24(13-16-29)26(31)30-19-17-28(18-20-30)14-4-7-22-5-2-1-3-6-22;3-1(4)2(5)6/h1-11,24H,12-21H2;(H,3,4)(H,5,6). The van der Waals surface area contributed by atoms with Gasteiger partial charge in [-0.15, -0.1) is 0 Å². The van der Waals surface area contributed by atoms with Crippen molar-refractivity contribution in [2.75, 3.05) is 45.8 Å². The summed E-state index contributed by atoms with van der Waals surface area (Å²) in [5.41, 5.74) is 2.35. The number of nitrogens with zero attached hydrogens (tertiary/aromatic N) is 3. The lowest BCUT2D eigenvalue weighted by molar-refractivity contribution is -0.159. The number of benzene rings is 2. The van der Waals surface area contributed by atoms with Gasteiger partial charge in [-0.3, -0.25) is 14.6 Å². The zero-order valence-electron chi connectivity index (χ0n) is 20.8. The third-order valence-electron chi connectivity index (χ3n) is 6.60. The number of carbonyl (C=O) groups is 3. The zero-order chi connectivity index (χ0) is 26.6. The molecule has 8 nitrogen and oxygen atoms in total. The number of carboxylic acid groups (broad SMARTS) is 2. The van der Waals surface area contributed by atoms with E-state index in [1.807, 2.05) is 18.2 Å². The average molecular weight is 512 g/mol. The molecule has 0 aliphatic carbocycles. The summed E-state index contributed by atoms with van der Waals surface area (Å²) in [4.78, 5) is 38.0. The number of rotatable bonds is 6. The molecule has 2 saturated heterocycles. The Morgan fingerprint density at radius 2 is 1.41 bits per heavy atom. The van der Waals surface area contributed by atoms with Crippen LogP contribution in [0.15, 0.2) is 60.7 Å². The zero-order valence-corrected chi connectivity index (χ0v) is 20.8. The molecule has 2 aromatic carbocycles. The first-order valence-electron chi connectivity index (χ1n) is 12.5. The smallest absolute Gasteiger partial charge is 0.414 e. The van der Waals surface area contributed by atoms with E-state index in [2.05, 4.69) is 51.1 Å². The molecule has 0 unspecified atom stereocenters. The van der Waals surface area contributed by atoms with Crippen LogP contribution in [0.4, 0.5) is 4.39 Å². The van der Waals surface area contributed by atoms with E-state index in [1.54, 1.807) is 0 Å². The van der Waals surface area contributed by atoms with Crippen molar-refractivity contribution in [3.8, 4) is 0 Å². The van der Waals surface area contributed by atoms with Gasteiger partial charge in [-0.25, -0.2) is 14.0 Å². The molecule has 37 heavy (non-hydrogen) atoms. The van der Waals surface area contributed by atoms with Crippen LogP contribution in [-0.4, -0.2) is 88.6 Å². The van der Waals surface area contributed by atoms with Gasteiger partial charge in [0.2, 0.25) is 5.91 Å². The summed E-state index contributed by atoms with van der Waals surface area (Å²) >= 11 is 0. The molecule has 9 heteroatoms. The van der Waals surface area contributed by atoms with Crippen molar-refractivity contribution in [1.29, 1.82) is 0 Å². The number of aliphatic carboxylic acids is 2. The maximum absolute atomic E-state index is 13.1. The summed E-state index contributed by atoms with van der Waals surface area (Å²) in [5, 5.41) is 14.8. The van der Waals surface area contributed by atoms with E-state index < -0.39 is 11.9 Å². The summed E-state index contributed by atoms with van der Waals surface area (Å²) in [5.74, 6) is -3.36. The third kappa shape index (κ3) is 9.44. The van der Waals surface area contributed by atoms with Crippen LogP contribution in [0.1, 0.15) is 24.0 Å². The molecule has 0 atom stereocenters. The maximum Gasteiger partial charge on any atom is 0.414 e. The SMILES string of the molecule is O=C(C1CCN(Cc2ccc(F)cc2)CC1)N1CCN(CC=Cc2ccccc2)CC1.O=C(O)C(=O)O. The topological polar surface area (TPSA) is 101 Å². The largest absolute Gasteiger partial charge is 0.473 e. The quantitative estimate of drug-likeness (QED) is 0.575. The Hall–Kier alpha value is -3.56. The van der Waals surface area contributed by atoms with Crippen LogP contribution >= 0.6 is 0 Å². The van der Waals surface area contributed by atoms with Crippen LogP contribution in [0.3, 0.4) is 0 Å². The molecule has 0 saturated carbocycles. The van der Waals surface area contributed by atoms with E-state index >= 15 is 0 Å². The van der Waals surface area contributed by atoms with Gasteiger partial charge in [0.05, 0.1) is 0 Å². The molecular formula is C28H34FN3O5. The van der Waals surface area contributed by atoms with Crippen molar-refractivity contribution in [3.63, 3.8) is 0 Å². The molecule has 2 fully saturated rings. The Balaban J connectivity index is 0.000000568. The van der Waals surface area contributed by atoms with Crippen LogP contribution in [0.25, 0.3) is 6.08 Å². The molecule has 2 heterocycles. The molecule has 2 aliphatic heterocycles. The molecule has 1 amide bonds. The number of halogens is 1. The number of piperazine rings is 1. The van der Waals surface area contributed by atoms with E-state index in [-0.39, 0.29) is 11.7 Å². The van der Waals surface area contributed by atoms with Gasteiger partial charge in [0.15, 0.2) is 0 Å². The fourth-order valence-electron chi connectivity index (χ4n) is 4.50. The van der Waals surface area contributed by atoms with Crippen molar-refractivity contribution in [2.24, 2.45) is 5.92 Å². The van der Waals surface area contributed by atoms with Crippen molar-refractivity contribution in [1.82, 2.24) is 14.7 Å². The minimum absolute atomic E-state index is 0.147. The van der Waals surface area contributed by atoms with Crippen molar-refractivity contribution in [2.45, 2.75) is 19.4 Å². The van der Waals surface area contributed by atoms with Gasteiger partial charge in [0.1, 0.15) is 5.82 Å². The van der Waals surface area contributed by atoms with Crippen molar-refractivity contribution < 1.29 is 29.0 Å². The van der Waals surface area contributed by atoms with Gasteiger partial charge in [-0.2, -0.15) is 0 Å². The first-order chi connectivity index (χ1) is 17.8. The Morgan fingerprint density at radius 3 is 1.97 bits per heavy atom. The number of piperidine rings is 1. The second-order valence-electron chi connectivity index (χ2n) is 9.23. The normalized spacial score (nSPS) is 17.3. The van der Waals surface area contributed by atoms with Gasteiger partial charge in [-0.1, -0.05) is 54.6 Å². The van der Waals surface area contributed by atoms with Crippen LogP contribution in [-0.2, 0) is 20.9 Å². The Morgan fingerprint density at radius 1 is 0.811 bits per heavy atom. The van der Waals surface area contributed by atoms with E-state index in [1.165, 1.54) is 17.7 Å². The summed E-state index contributed by atoms with van der Waals surface area (Å²) in [6.07, 6.45) is 6.21. The van der Waals surface area contributed by atoms with Crippen LogP contribution < -0.4 is 0 Å². The summed E-state index contributed by atoms with van der Waals surface area (Å²) in [6.45, 7) is 7.15. The minimum atomic E-state index is -1.82. The molecular weight excluding hydrogens is 477 g/mol. The predicted octanol–water partition coefficient (Wildman–Crippen LogP) is 3.05. The molecule has 0 radical (unpaired) electrons. The maximum atomic E-state index is 13.1. The lowest BCUT2D eigenvalue weighted by Crippen LogP contribution is -2.51. The second-order valence-corrected chi connectivity index (χ2v) is 9.23. The molecule has 2 aromatic rings. The van der Waals surface area contributed by atoms with Gasteiger partial charge in [0, 0.05) is 45.2 Å². The first-order valence-corrected chi connectivity index (χ1v) is 12.5. The second kappa shape index (κ2) is 14.2. The fourth-order valence-corrected chi connectivity index (χ4v) is 4.50. The molecule has 0 bridgehead atoms. The van der Waals surface area contributed by atoms with Crippen molar-refractivity contribution >= 4 is 23.9 Å². The Bertz CT molecular complexity index is 1030. The number of hydrogen-bond donors (Lipinski definition) is 2. The predicted molar refractivity (Wildman–Crippen MR) is 138 cm³/mol. The lowest BCUT2D eigenvalue weighted by atomic mass is 9.94. The molecule has 2 N–H and O–H groups in total. The Labute approximate surface area is 216 Å². The monoisotopic (exact) mass is 511 g/mol.